The van der Waals surface area contributed by atoms with E-state index in [1.807, 2.05) is 24.3 Å². The topological polar surface area (TPSA) is 80.3 Å². The van der Waals surface area contributed by atoms with Crippen molar-refractivity contribution in [2.24, 2.45) is 0 Å². The number of anilines is 2. The van der Waals surface area contributed by atoms with Crippen LogP contribution in [0.4, 0.5) is 11.5 Å². The molecule has 1 aliphatic heterocycles. The molecular formula is C18H19N3O3. The molecule has 3 rings (SSSR count). The smallest absolute Gasteiger partial charge is 0.226 e. The fourth-order valence-electron chi connectivity index (χ4n) is 2.83. The van der Waals surface area contributed by atoms with Crippen LogP contribution in [-0.2, 0) is 9.59 Å². The molecule has 1 atom stereocenters. The Labute approximate surface area is 140 Å². The molecule has 2 amide bonds. The highest BCUT2D eigenvalue weighted by Crippen LogP contribution is 2.35. The minimum atomic E-state index is -0.211. The lowest BCUT2D eigenvalue weighted by Crippen LogP contribution is -2.21. The molecule has 0 unspecified atom stereocenters. The summed E-state index contributed by atoms with van der Waals surface area (Å²) in [5.74, 6) is 0.970. The van der Waals surface area contributed by atoms with E-state index in [4.69, 9.17) is 4.74 Å². The summed E-state index contributed by atoms with van der Waals surface area (Å²) in [5, 5.41) is 5.45. The van der Waals surface area contributed by atoms with Gasteiger partial charge in [0.25, 0.3) is 0 Å². The molecule has 2 aromatic rings. The maximum absolute atomic E-state index is 12.4. The van der Waals surface area contributed by atoms with Crippen LogP contribution in [0.3, 0.4) is 0 Å². The van der Waals surface area contributed by atoms with E-state index >= 15 is 0 Å². The van der Waals surface area contributed by atoms with E-state index in [0.717, 1.165) is 17.7 Å². The van der Waals surface area contributed by atoms with Crippen LogP contribution < -0.4 is 15.4 Å². The molecule has 1 aromatic heterocycles. The predicted octanol–water partition coefficient (Wildman–Crippen LogP) is 2.93. The summed E-state index contributed by atoms with van der Waals surface area (Å²) in [5.41, 5.74) is 1.55. The number of ether oxygens (including phenoxy) is 1. The first kappa shape index (κ1) is 16.0. The van der Waals surface area contributed by atoms with Crippen molar-refractivity contribution in [2.75, 3.05) is 17.2 Å². The number of pyridine rings is 1. The first-order valence-electron chi connectivity index (χ1n) is 7.87. The third-order valence-electron chi connectivity index (χ3n) is 3.89. The molecule has 6 nitrogen and oxygen atoms in total. The van der Waals surface area contributed by atoms with Gasteiger partial charge in [0.2, 0.25) is 11.8 Å². The van der Waals surface area contributed by atoms with Crippen molar-refractivity contribution in [3.63, 3.8) is 0 Å². The third kappa shape index (κ3) is 3.71. The second-order valence-electron chi connectivity index (χ2n) is 5.70. The minimum absolute atomic E-state index is 0.114. The summed E-state index contributed by atoms with van der Waals surface area (Å²) < 4.78 is 5.62. The quantitative estimate of drug-likeness (QED) is 0.906. The molecular weight excluding hydrogens is 306 g/mol. The van der Waals surface area contributed by atoms with Gasteiger partial charge in [0.05, 0.1) is 12.3 Å². The fraction of sp³-hybridized carbons (Fsp3) is 0.278. The van der Waals surface area contributed by atoms with Crippen molar-refractivity contribution >= 4 is 23.3 Å². The second-order valence-corrected chi connectivity index (χ2v) is 5.70. The molecule has 2 N–H and O–H groups in total. The molecule has 0 saturated carbocycles. The SMILES string of the molecule is CC(=O)Nc1cccnc1NC(=O)C[C@@H]1CCOc2ccccc21. The van der Waals surface area contributed by atoms with Crippen molar-refractivity contribution in [1.29, 1.82) is 0 Å². The van der Waals surface area contributed by atoms with Gasteiger partial charge in [0, 0.05) is 19.5 Å². The Hall–Kier alpha value is -2.89. The summed E-state index contributed by atoms with van der Waals surface area (Å²) in [4.78, 5) is 27.8. The van der Waals surface area contributed by atoms with Gasteiger partial charge < -0.3 is 15.4 Å². The van der Waals surface area contributed by atoms with E-state index in [1.165, 1.54) is 6.92 Å². The van der Waals surface area contributed by atoms with E-state index in [2.05, 4.69) is 15.6 Å². The number of fused-ring (bicyclic) bond motifs is 1. The molecule has 0 spiro atoms. The maximum atomic E-state index is 12.4. The predicted molar refractivity (Wildman–Crippen MR) is 91.1 cm³/mol. The number of benzene rings is 1. The molecule has 0 bridgehead atoms. The highest BCUT2D eigenvalue weighted by molar-refractivity contribution is 5.97. The van der Waals surface area contributed by atoms with Crippen LogP contribution >= 0.6 is 0 Å². The van der Waals surface area contributed by atoms with Crippen LogP contribution in [0.5, 0.6) is 5.75 Å². The Bertz CT molecular complexity index is 761. The minimum Gasteiger partial charge on any atom is -0.493 e. The molecule has 0 aliphatic carbocycles. The van der Waals surface area contributed by atoms with Crippen LogP contribution in [-0.4, -0.2) is 23.4 Å². The number of para-hydroxylation sites is 1. The van der Waals surface area contributed by atoms with Crippen molar-refractivity contribution < 1.29 is 14.3 Å². The molecule has 24 heavy (non-hydrogen) atoms. The lowest BCUT2D eigenvalue weighted by Gasteiger charge is -2.25. The Morgan fingerprint density at radius 3 is 2.88 bits per heavy atom. The first-order chi connectivity index (χ1) is 11.6. The zero-order valence-electron chi connectivity index (χ0n) is 13.4. The molecule has 0 saturated heterocycles. The second kappa shape index (κ2) is 7.12. The number of hydrogen-bond acceptors (Lipinski definition) is 4. The fourth-order valence-corrected chi connectivity index (χ4v) is 2.83. The molecule has 1 aromatic carbocycles. The summed E-state index contributed by atoms with van der Waals surface area (Å²) >= 11 is 0. The lowest BCUT2D eigenvalue weighted by molar-refractivity contribution is -0.117. The zero-order chi connectivity index (χ0) is 16.9. The van der Waals surface area contributed by atoms with Crippen LogP contribution in [0, 0.1) is 0 Å². The number of hydrogen-bond donors (Lipinski definition) is 2. The van der Waals surface area contributed by atoms with Crippen LogP contribution in [0.15, 0.2) is 42.6 Å². The van der Waals surface area contributed by atoms with Gasteiger partial charge in [-0.1, -0.05) is 18.2 Å². The number of carbonyl (C=O) groups excluding carboxylic acids is 2. The number of amides is 2. The molecule has 2 heterocycles. The molecule has 0 fully saturated rings. The molecule has 124 valence electrons. The van der Waals surface area contributed by atoms with E-state index in [9.17, 15) is 9.59 Å². The summed E-state index contributed by atoms with van der Waals surface area (Å²) in [6.07, 6.45) is 2.71. The van der Waals surface area contributed by atoms with Gasteiger partial charge in [-0.25, -0.2) is 4.98 Å². The number of rotatable bonds is 4. The third-order valence-corrected chi connectivity index (χ3v) is 3.89. The highest BCUT2D eigenvalue weighted by atomic mass is 16.5. The maximum Gasteiger partial charge on any atom is 0.226 e. The Kier molecular flexibility index (Phi) is 4.74. The largest absolute Gasteiger partial charge is 0.493 e. The van der Waals surface area contributed by atoms with Gasteiger partial charge in [-0.05, 0) is 36.1 Å². The average Bonchev–Trinajstić information content (AvgIpc) is 2.56. The number of carbonyl (C=O) groups is 2. The number of nitrogens with one attached hydrogen (secondary N) is 2. The van der Waals surface area contributed by atoms with Gasteiger partial charge >= 0.3 is 0 Å². The summed E-state index contributed by atoms with van der Waals surface area (Å²) in [7, 11) is 0. The van der Waals surface area contributed by atoms with Gasteiger partial charge in [-0.2, -0.15) is 0 Å². The normalized spacial score (nSPS) is 15.8. The highest BCUT2D eigenvalue weighted by Gasteiger charge is 2.24. The van der Waals surface area contributed by atoms with Gasteiger partial charge in [0.1, 0.15) is 5.75 Å². The number of nitrogens with zero attached hydrogens (tertiary/aromatic N) is 1. The molecule has 0 radical (unpaired) electrons. The van der Waals surface area contributed by atoms with Crippen molar-refractivity contribution in [3.8, 4) is 5.75 Å². The van der Waals surface area contributed by atoms with Crippen molar-refractivity contribution in [2.45, 2.75) is 25.7 Å². The van der Waals surface area contributed by atoms with Crippen LogP contribution in [0.25, 0.3) is 0 Å². The standard InChI is InChI=1S/C18H19N3O3/c1-12(22)20-15-6-4-9-19-18(15)21-17(23)11-13-8-10-24-16-7-3-2-5-14(13)16/h2-7,9,13H,8,10-11H2,1H3,(H,20,22)(H,19,21,23)/t13-/m0/s1. The van der Waals surface area contributed by atoms with Crippen molar-refractivity contribution in [3.05, 3.63) is 48.2 Å². The first-order valence-corrected chi connectivity index (χ1v) is 7.87. The monoisotopic (exact) mass is 325 g/mol. The van der Waals surface area contributed by atoms with E-state index < -0.39 is 0 Å². The van der Waals surface area contributed by atoms with Crippen LogP contribution in [0.1, 0.15) is 31.2 Å². The Balaban J connectivity index is 1.70. The molecule has 6 heteroatoms. The average molecular weight is 325 g/mol. The number of aromatic nitrogens is 1. The summed E-state index contributed by atoms with van der Waals surface area (Å²) in [6, 6.07) is 11.2. The van der Waals surface area contributed by atoms with E-state index in [-0.39, 0.29) is 17.7 Å². The summed E-state index contributed by atoms with van der Waals surface area (Å²) in [6.45, 7) is 2.02. The lowest BCUT2D eigenvalue weighted by atomic mass is 9.90. The Morgan fingerprint density at radius 1 is 1.21 bits per heavy atom. The Morgan fingerprint density at radius 2 is 2.04 bits per heavy atom. The van der Waals surface area contributed by atoms with Gasteiger partial charge in [-0.3, -0.25) is 9.59 Å². The van der Waals surface area contributed by atoms with Gasteiger partial charge in [-0.15, -0.1) is 0 Å². The van der Waals surface area contributed by atoms with E-state index in [1.54, 1.807) is 18.3 Å². The van der Waals surface area contributed by atoms with E-state index in [0.29, 0.717) is 24.5 Å². The molecule has 1 aliphatic rings. The van der Waals surface area contributed by atoms with Crippen LogP contribution in [0.2, 0.25) is 0 Å². The van der Waals surface area contributed by atoms with Crippen molar-refractivity contribution in [1.82, 2.24) is 4.98 Å². The van der Waals surface area contributed by atoms with Gasteiger partial charge in [0.15, 0.2) is 5.82 Å². The zero-order valence-corrected chi connectivity index (χ0v) is 13.4.